The second-order valence-corrected chi connectivity index (χ2v) is 2.19. The van der Waals surface area contributed by atoms with Crippen molar-refractivity contribution in [2.24, 2.45) is 0 Å². The molecule has 1 aromatic heterocycles. The predicted octanol–water partition coefficient (Wildman–Crippen LogP) is 0.927. The van der Waals surface area contributed by atoms with E-state index >= 15 is 0 Å². The number of rotatable bonds is 2. The molecule has 0 saturated carbocycles. The highest BCUT2D eigenvalue weighted by atomic mass is 35.5. The third kappa shape index (κ3) is 2.01. The third-order valence-electron chi connectivity index (χ3n) is 1.08. The molecule has 0 aromatic carbocycles. The van der Waals surface area contributed by atoms with Gasteiger partial charge in [0, 0.05) is 0 Å². The summed E-state index contributed by atoms with van der Waals surface area (Å²) in [5.74, 6) is 1.43. The highest BCUT2D eigenvalue weighted by Gasteiger charge is 2.00. The second kappa shape index (κ2) is 3.48. The molecule has 0 bridgehead atoms. The minimum atomic E-state index is 0.278. The number of aromatic nitrogens is 3. The standard InChI is InChI=1S/C6H8ClN3O/c1-4-8-5(3-7)10-6(9-4)11-2/h3H2,1-2H3. The van der Waals surface area contributed by atoms with Gasteiger partial charge in [-0.1, -0.05) is 0 Å². The summed E-state index contributed by atoms with van der Waals surface area (Å²) >= 11 is 5.52. The molecule has 5 heteroatoms. The zero-order valence-electron chi connectivity index (χ0n) is 6.33. The Kier molecular flexibility index (Phi) is 2.59. The Bertz CT molecular complexity index is 231. The molecular formula is C6H8ClN3O. The zero-order valence-corrected chi connectivity index (χ0v) is 7.09. The van der Waals surface area contributed by atoms with E-state index in [1.54, 1.807) is 6.92 Å². The summed E-state index contributed by atoms with van der Waals surface area (Å²) in [6, 6.07) is 0.313. The predicted molar refractivity (Wildman–Crippen MR) is 40.7 cm³/mol. The zero-order chi connectivity index (χ0) is 8.27. The molecule has 0 fully saturated rings. The lowest BCUT2D eigenvalue weighted by molar-refractivity contribution is 0.374. The van der Waals surface area contributed by atoms with Crippen molar-refractivity contribution in [2.75, 3.05) is 7.11 Å². The molecule has 0 aliphatic rings. The average molecular weight is 174 g/mol. The minimum Gasteiger partial charge on any atom is -0.467 e. The van der Waals surface area contributed by atoms with Crippen LogP contribution in [0.15, 0.2) is 0 Å². The Morgan fingerprint density at radius 3 is 2.64 bits per heavy atom. The van der Waals surface area contributed by atoms with Gasteiger partial charge in [0.2, 0.25) is 0 Å². The van der Waals surface area contributed by atoms with Crippen LogP contribution in [0.4, 0.5) is 0 Å². The minimum absolute atomic E-state index is 0.278. The summed E-state index contributed by atoms with van der Waals surface area (Å²) in [6.45, 7) is 1.76. The Hall–Kier alpha value is -0.900. The number of ether oxygens (including phenoxy) is 1. The molecule has 1 aromatic rings. The van der Waals surface area contributed by atoms with Gasteiger partial charge in [-0.2, -0.15) is 9.97 Å². The largest absolute Gasteiger partial charge is 0.467 e. The molecule has 0 radical (unpaired) electrons. The monoisotopic (exact) mass is 173 g/mol. The molecule has 1 rings (SSSR count). The number of methoxy groups -OCH3 is 1. The number of halogens is 1. The van der Waals surface area contributed by atoms with Crippen LogP contribution >= 0.6 is 11.6 Å². The lowest BCUT2D eigenvalue weighted by Crippen LogP contribution is -2.01. The average Bonchev–Trinajstić information content (AvgIpc) is 2.03. The summed E-state index contributed by atoms with van der Waals surface area (Å²) < 4.78 is 4.82. The van der Waals surface area contributed by atoms with Crippen LogP contribution in [0.1, 0.15) is 11.6 Å². The smallest absolute Gasteiger partial charge is 0.319 e. The maximum absolute atomic E-state index is 5.52. The molecule has 0 atom stereocenters. The Labute approximate surface area is 69.6 Å². The first kappa shape index (κ1) is 8.20. The van der Waals surface area contributed by atoms with Crippen molar-refractivity contribution in [2.45, 2.75) is 12.8 Å². The van der Waals surface area contributed by atoms with E-state index in [4.69, 9.17) is 16.3 Å². The van der Waals surface area contributed by atoms with Crippen LogP contribution in [0.3, 0.4) is 0 Å². The van der Waals surface area contributed by atoms with Gasteiger partial charge < -0.3 is 4.74 Å². The van der Waals surface area contributed by atoms with Gasteiger partial charge in [0.15, 0.2) is 5.82 Å². The number of alkyl halides is 1. The van der Waals surface area contributed by atoms with Crippen molar-refractivity contribution in [3.63, 3.8) is 0 Å². The van der Waals surface area contributed by atoms with Crippen molar-refractivity contribution in [3.8, 4) is 6.01 Å². The van der Waals surface area contributed by atoms with E-state index in [9.17, 15) is 0 Å². The molecule has 4 nitrogen and oxygen atoms in total. The summed E-state index contributed by atoms with van der Waals surface area (Å²) in [7, 11) is 1.51. The molecule has 11 heavy (non-hydrogen) atoms. The quantitative estimate of drug-likeness (QED) is 0.625. The highest BCUT2D eigenvalue weighted by Crippen LogP contribution is 2.03. The van der Waals surface area contributed by atoms with Crippen molar-refractivity contribution in [1.82, 2.24) is 15.0 Å². The lowest BCUT2D eigenvalue weighted by Gasteiger charge is -1.99. The molecule has 0 saturated heterocycles. The highest BCUT2D eigenvalue weighted by molar-refractivity contribution is 6.16. The van der Waals surface area contributed by atoms with Crippen LogP contribution in [-0.2, 0) is 5.88 Å². The van der Waals surface area contributed by atoms with Crippen molar-refractivity contribution in [3.05, 3.63) is 11.6 Å². The molecule has 0 unspecified atom stereocenters. The molecule has 0 spiro atoms. The fraction of sp³-hybridized carbons (Fsp3) is 0.500. The Balaban J connectivity index is 3.02. The molecular weight excluding hydrogens is 166 g/mol. The topological polar surface area (TPSA) is 47.9 Å². The first-order chi connectivity index (χ1) is 5.26. The number of hydrogen-bond donors (Lipinski definition) is 0. The van der Waals surface area contributed by atoms with Crippen LogP contribution in [0.25, 0.3) is 0 Å². The molecule has 0 N–H and O–H groups in total. The fourth-order valence-corrected chi connectivity index (χ4v) is 0.781. The van der Waals surface area contributed by atoms with Gasteiger partial charge in [-0.15, -0.1) is 11.6 Å². The summed E-state index contributed by atoms with van der Waals surface area (Å²) in [6.07, 6.45) is 0. The van der Waals surface area contributed by atoms with E-state index < -0.39 is 0 Å². The number of nitrogens with zero attached hydrogens (tertiary/aromatic N) is 3. The van der Waals surface area contributed by atoms with Gasteiger partial charge in [0.05, 0.1) is 13.0 Å². The van der Waals surface area contributed by atoms with Crippen molar-refractivity contribution < 1.29 is 4.74 Å². The maximum atomic E-state index is 5.52. The third-order valence-corrected chi connectivity index (χ3v) is 1.31. The van der Waals surface area contributed by atoms with Gasteiger partial charge in [-0.25, -0.2) is 4.98 Å². The normalized spacial score (nSPS) is 9.73. The van der Waals surface area contributed by atoms with Crippen molar-refractivity contribution >= 4 is 11.6 Å². The Morgan fingerprint density at radius 2 is 2.09 bits per heavy atom. The Morgan fingerprint density at radius 1 is 1.36 bits per heavy atom. The fourth-order valence-electron chi connectivity index (χ4n) is 0.662. The van der Waals surface area contributed by atoms with Crippen LogP contribution in [0, 0.1) is 6.92 Å². The van der Waals surface area contributed by atoms with Crippen LogP contribution in [0.5, 0.6) is 6.01 Å². The lowest BCUT2D eigenvalue weighted by atomic mass is 10.6. The van der Waals surface area contributed by atoms with E-state index in [0.717, 1.165) is 0 Å². The first-order valence-electron chi connectivity index (χ1n) is 3.07. The van der Waals surface area contributed by atoms with Crippen LogP contribution in [0.2, 0.25) is 0 Å². The summed E-state index contributed by atoms with van der Waals surface area (Å²) in [5, 5.41) is 0. The van der Waals surface area contributed by atoms with Gasteiger partial charge in [-0.3, -0.25) is 0 Å². The van der Waals surface area contributed by atoms with Gasteiger partial charge in [0.25, 0.3) is 0 Å². The van der Waals surface area contributed by atoms with Crippen LogP contribution < -0.4 is 4.74 Å². The van der Waals surface area contributed by atoms with E-state index in [0.29, 0.717) is 17.7 Å². The van der Waals surface area contributed by atoms with E-state index in [1.807, 2.05) is 0 Å². The van der Waals surface area contributed by atoms with Crippen LogP contribution in [-0.4, -0.2) is 22.1 Å². The SMILES string of the molecule is COc1nc(C)nc(CCl)n1. The van der Waals surface area contributed by atoms with Gasteiger partial charge >= 0.3 is 6.01 Å². The number of aryl methyl sites for hydroxylation is 1. The number of hydrogen-bond acceptors (Lipinski definition) is 4. The molecule has 0 aliphatic heterocycles. The summed E-state index contributed by atoms with van der Waals surface area (Å²) in [4.78, 5) is 11.8. The van der Waals surface area contributed by atoms with E-state index in [1.165, 1.54) is 7.11 Å². The first-order valence-corrected chi connectivity index (χ1v) is 3.61. The molecule has 0 amide bonds. The van der Waals surface area contributed by atoms with E-state index in [2.05, 4.69) is 15.0 Å². The molecule has 0 aliphatic carbocycles. The maximum Gasteiger partial charge on any atom is 0.319 e. The molecule has 1 heterocycles. The van der Waals surface area contributed by atoms with E-state index in [-0.39, 0.29) is 5.88 Å². The van der Waals surface area contributed by atoms with Crippen molar-refractivity contribution in [1.29, 1.82) is 0 Å². The summed E-state index contributed by atoms with van der Waals surface area (Å²) in [5.41, 5.74) is 0. The van der Waals surface area contributed by atoms with Gasteiger partial charge in [-0.05, 0) is 6.92 Å². The molecule has 60 valence electrons. The second-order valence-electron chi connectivity index (χ2n) is 1.92. The van der Waals surface area contributed by atoms with Gasteiger partial charge in [0.1, 0.15) is 5.82 Å².